The number of hydrogen-bond acceptors (Lipinski definition) is 6. The van der Waals surface area contributed by atoms with Gasteiger partial charge in [0.1, 0.15) is 0 Å². The number of rotatable bonds is 5. The number of thioether (sulfide) groups is 1. The first-order valence-electron chi connectivity index (χ1n) is 9.93. The molecule has 1 N–H and O–H groups in total. The largest absolute Gasteiger partial charge is 0.490 e. The van der Waals surface area contributed by atoms with Crippen molar-refractivity contribution in [2.75, 3.05) is 18.8 Å². The molecule has 1 atom stereocenters. The number of benzene rings is 1. The molecule has 7 nitrogen and oxygen atoms in total. The van der Waals surface area contributed by atoms with E-state index in [-0.39, 0.29) is 10.9 Å². The first-order chi connectivity index (χ1) is 15.4. The van der Waals surface area contributed by atoms with Crippen LogP contribution in [0, 0.1) is 6.92 Å². The van der Waals surface area contributed by atoms with E-state index in [2.05, 4.69) is 4.98 Å². The molecule has 2 aliphatic heterocycles. The number of aryl methyl sites for hydroxylation is 1. The van der Waals surface area contributed by atoms with Crippen molar-refractivity contribution in [1.82, 2.24) is 9.29 Å². The second kappa shape index (κ2) is 10.00. The van der Waals surface area contributed by atoms with Crippen molar-refractivity contribution in [3.05, 3.63) is 59.9 Å². The van der Waals surface area contributed by atoms with E-state index in [0.29, 0.717) is 24.6 Å². The highest BCUT2D eigenvalue weighted by molar-refractivity contribution is 8.01. The summed E-state index contributed by atoms with van der Waals surface area (Å²) >= 11 is 1.85. The van der Waals surface area contributed by atoms with Crippen molar-refractivity contribution in [1.29, 1.82) is 0 Å². The van der Waals surface area contributed by atoms with Crippen molar-refractivity contribution in [3.8, 4) is 0 Å². The number of pyridine rings is 1. The van der Waals surface area contributed by atoms with E-state index in [0.717, 1.165) is 23.3 Å². The van der Waals surface area contributed by atoms with E-state index in [1.54, 1.807) is 28.8 Å². The maximum Gasteiger partial charge on any atom is 0.490 e. The van der Waals surface area contributed by atoms with Crippen LogP contribution in [0.4, 0.5) is 13.2 Å². The fourth-order valence-electron chi connectivity index (χ4n) is 3.45. The van der Waals surface area contributed by atoms with Gasteiger partial charge in [-0.2, -0.15) is 17.5 Å². The Bertz CT molecular complexity index is 1060. The van der Waals surface area contributed by atoms with Gasteiger partial charge in [0, 0.05) is 36.0 Å². The lowest BCUT2D eigenvalue weighted by Crippen LogP contribution is -2.60. The molecule has 1 aromatic carbocycles. The quantitative estimate of drug-likeness (QED) is 0.666. The van der Waals surface area contributed by atoms with Crippen molar-refractivity contribution in [2.45, 2.75) is 41.9 Å². The van der Waals surface area contributed by atoms with Gasteiger partial charge in [-0.25, -0.2) is 13.2 Å². The summed E-state index contributed by atoms with van der Waals surface area (Å²) in [4.78, 5) is 13.3. The van der Waals surface area contributed by atoms with E-state index < -0.39 is 22.2 Å². The molecule has 0 radical (unpaired) electrons. The molecule has 0 amide bonds. The molecule has 33 heavy (non-hydrogen) atoms. The molecule has 2 fully saturated rings. The summed E-state index contributed by atoms with van der Waals surface area (Å²) in [5.41, 5.74) is 2.17. The fourth-order valence-corrected chi connectivity index (χ4v) is 6.78. The molecule has 3 heterocycles. The van der Waals surface area contributed by atoms with Gasteiger partial charge in [-0.3, -0.25) is 4.98 Å². The van der Waals surface area contributed by atoms with Crippen molar-refractivity contribution in [3.63, 3.8) is 0 Å². The Morgan fingerprint density at radius 1 is 1.21 bits per heavy atom. The predicted octanol–water partition coefficient (Wildman–Crippen LogP) is 3.49. The minimum absolute atomic E-state index is 0.0146. The predicted molar refractivity (Wildman–Crippen MR) is 116 cm³/mol. The van der Waals surface area contributed by atoms with E-state index >= 15 is 0 Å². The summed E-state index contributed by atoms with van der Waals surface area (Å²) in [5.74, 6) is -1.84. The Kier molecular flexibility index (Phi) is 7.72. The van der Waals surface area contributed by atoms with Crippen molar-refractivity contribution in [2.24, 2.45) is 0 Å². The fraction of sp³-hybridized carbons (Fsp3) is 0.429. The van der Waals surface area contributed by atoms with Crippen LogP contribution < -0.4 is 0 Å². The normalized spacial score (nSPS) is 20.1. The van der Waals surface area contributed by atoms with Gasteiger partial charge in [-0.1, -0.05) is 17.7 Å². The van der Waals surface area contributed by atoms with Crippen molar-refractivity contribution >= 4 is 27.8 Å². The van der Waals surface area contributed by atoms with E-state index in [1.807, 2.05) is 43.0 Å². The smallest absolute Gasteiger partial charge is 0.475 e. The van der Waals surface area contributed by atoms with Gasteiger partial charge in [0.05, 0.1) is 17.6 Å². The first kappa shape index (κ1) is 25.5. The first-order valence-corrected chi connectivity index (χ1v) is 12.4. The highest BCUT2D eigenvalue weighted by atomic mass is 32.2. The molecule has 4 rings (SSSR count). The van der Waals surface area contributed by atoms with E-state index in [1.165, 1.54) is 0 Å². The number of aliphatic carboxylic acids is 1. The summed E-state index contributed by atoms with van der Waals surface area (Å²) in [6.45, 7) is 3.68. The maximum atomic E-state index is 12.7. The molecule has 0 bridgehead atoms. The van der Waals surface area contributed by atoms with Gasteiger partial charge in [-0.15, -0.1) is 11.8 Å². The maximum absolute atomic E-state index is 12.7. The number of carboxylic acid groups (broad SMARTS) is 1. The zero-order valence-electron chi connectivity index (χ0n) is 17.7. The number of sulfonamides is 1. The summed E-state index contributed by atoms with van der Waals surface area (Å²) in [7, 11) is -3.38. The Morgan fingerprint density at radius 3 is 2.33 bits per heavy atom. The number of carboxylic acids is 1. The Hall–Kier alpha value is -2.15. The Balaban J connectivity index is 0.000000383. The van der Waals surface area contributed by atoms with Crippen LogP contribution in [0.2, 0.25) is 0 Å². The van der Waals surface area contributed by atoms with E-state index in [4.69, 9.17) is 14.6 Å². The number of ether oxygens (including phenoxy) is 1. The minimum atomic E-state index is -5.08. The van der Waals surface area contributed by atoms with Crippen LogP contribution in [0.3, 0.4) is 0 Å². The molecule has 180 valence electrons. The molecule has 0 aliphatic carbocycles. The SMILES string of the molecule is Cc1ccc(S(=O)(=O)N2CC3(CC(OCc4ccncc4)CS3)C2)cc1.O=C(O)C(F)(F)F. The van der Waals surface area contributed by atoms with Crippen LogP contribution in [0.15, 0.2) is 53.7 Å². The number of hydrogen-bond donors (Lipinski definition) is 1. The van der Waals surface area contributed by atoms with Crippen LogP contribution >= 0.6 is 11.8 Å². The van der Waals surface area contributed by atoms with Gasteiger partial charge in [0.2, 0.25) is 10.0 Å². The van der Waals surface area contributed by atoms with Crippen LogP contribution in [0.1, 0.15) is 17.5 Å². The van der Waals surface area contributed by atoms with Gasteiger partial charge in [0.25, 0.3) is 0 Å². The average Bonchev–Trinajstić information content (AvgIpc) is 3.17. The van der Waals surface area contributed by atoms with Gasteiger partial charge in [-0.05, 0) is 43.2 Å². The number of nitrogens with zero attached hydrogens (tertiary/aromatic N) is 2. The molecule has 0 saturated carbocycles. The van der Waals surface area contributed by atoms with Gasteiger partial charge >= 0.3 is 12.1 Å². The van der Waals surface area contributed by atoms with Crippen LogP contribution in [-0.2, 0) is 26.2 Å². The number of alkyl halides is 3. The lowest BCUT2D eigenvalue weighted by Gasteiger charge is -2.46. The molecular weight excluding hydrogens is 481 g/mol. The third-order valence-electron chi connectivity index (χ3n) is 5.24. The summed E-state index contributed by atoms with van der Waals surface area (Å²) in [6, 6.07) is 11.0. The molecular formula is C21H23F3N2O5S2. The molecule has 2 aromatic rings. The summed E-state index contributed by atoms with van der Waals surface area (Å²) < 4.78 is 64.8. The zero-order valence-corrected chi connectivity index (χ0v) is 19.3. The van der Waals surface area contributed by atoms with Gasteiger partial charge < -0.3 is 9.84 Å². The number of aromatic nitrogens is 1. The van der Waals surface area contributed by atoms with E-state index in [9.17, 15) is 21.6 Å². The highest BCUT2D eigenvalue weighted by Gasteiger charge is 2.53. The zero-order chi connectivity index (χ0) is 24.3. The molecule has 12 heteroatoms. The third-order valence-corrected chi connectivity index (χ3v) is 8.62. The Morgan fingerprint density at radius 2 is 1.79 bits per heavy atom. The average molecular weight is 505 g/mol. The standard InChI is InChI=1S/C19H22N2O3S2.C2HF3O2/c1-15-2-4-18(5-3-15)26(22,23)21-13-19(14-21)10-17(12-25-19)24-11-16-6-8-20-9-7-16;3-2(4,5)1(6)7/h2-9,17H,10-14H2,1H3;(H,6,7). The monoisotopic (exact) mass is 504 g/mol. The van der Waals surface area contributed by atoms with Crippen LogP contribution in [0.5, 0.6) is 0 Å². The summed E-state index contributed by atoms with van der Waals surface area (Å²) in [5, 5.41) is 7.12. The van der Waals surface area contributed by atoms with Gasteiger partial charge in [0.15, 0.2) is 0 Å². The number of halogens is 3. The van der Waals surface area contributed by atoms with Crippen molar-refractivity contribution < 1.29 is 36.2 Å². The minimum Gasteiger partial charge on any atom is -0.475 e. The lowest BCUT2D eigenvalue weighted by molar-refractivity contribution is -0.192. The highest BCUT2D eigenvalue weighted by Crippen LogP contribution is 2.47. The number of carbonyl (C=O) groups is 1. The second-order valence-corrected chi connectivity index (χ2v) is 11.3. The lowest BCUT2D eigenvalue weighted by atomic mass is 9.95. The summed E-state index contributed by atoms with van der Waals surface area (Å²) in [6.07, 6.45) is -0.465. The molecule has 1 spiro atoms. The Labute approximate surface area is 194 Å². The third kappa shape index (κ3) is 6.46. The molecule has 2 aliphatic rings. The van der Waals surface area contributed by atoms with Crippen LogP contribution in [-0.4, -0.2) is 64.7 Å². The van der Waals surface area contributed by atoms with Crippen LogP contribution in [0.25, 0.3) is 0 Å². The molecule has 2 saturated heterocycles. The molecule has 1 unspecified atom stereocenters. The second-order valence-electron chi connectivity index (χ2n) is 7.88. The topological polar surface area (TPSA) is 96.8 Å². The molecule has 1 aromatic heterocycles.